The van der Waals surface area contributed by atoms with Crippen LogP contribution < -0.4 is 16.0 Å². The first-order chi connectivity index (χ1) is 16.5. The second-order valence-corrected chi connectivity index (χ2v) is 8.36. The van der Waals surface area contributed by atoms with Crippen molar-refractivity contribution in [3.8, 4) is 11.3 Å². The minimum atomic E-state index is -0.283. The van der Waals surface area contributed by atoms with Gasteiger partial charge in [-0.1, -0.05) is 43.3 Å². The molecule has 0 aliphatic carbocycles. The minimum absolute atomic E-state index is 0.283. The molecule has 0 aliphatic rings. The summed E-state index contributed by atoms with van der Waals surface area (Å²) in [6.45, 7) is 8.76. The Morgan fingerprint density at radius 3 is 2.68 bits per heavy atom. The predicted octanol–water partition coefficient (Wildman–Crippen LogP) is 5.81. The zero-order valence-electron chi connectivity index (χ0n) is 19.6. The van der Waals surface area contributed by atoms with Crippen molar-refractivity contribution in [3.05, 3.63) is 72.4 Å². The van der Waals surface area contributed by atoms with E-state index < -0.39 is 0 Å². The molecule has 1 aromatic heterocycles. The fraction of sp³-hybridized carbons (Fsp3) is 0.269. The molecule has 178 valence electrons. The van der Waals surface area contributed by atoms with Gasteiger partial charge in [-0.3, -0.25) is 4.79 Å². The minimum Gasteiger partial charge on any atom is -0.385 e. The molecule has 1 heterocycles. The summed E-state index contributed by atoms with van der Waals surface area (Å²) in [6.07, 6.45) is 5.03. The average Bonchev–Trinajstić information content (AvgIpc) is 2.83. The number of carbonyl (C=O) groups excluding carboxylic acids is 1. The van der Waals surface area contributed by atoms with Gasteiger partial charge in [0.05, 0.1) is 16.9 Å². The molecule has 0 atom stereocenters. The molecule has 3 aromatic rings. The third kappa shape index (κ3) is 7.57. The van der Waals surface area contributed by atoms with Crippen molar-refractivity contribution in [2.45, 2.75) is 19.8 Å². The first-order valence-electron chi connectivity index (χ1n) is 11.3. The molecule has 7 nitrogen and oxygen atoms in total. The number of carbonyl (C=O) groups is 1. The zero-order chi connectivity index (χ0) is 24.3. The lowest BCUT2D eigenvalue weighted by molar-refractivity contribution is -0.111. The molecule has 0 saturated carbocycles. The van der Waals surface area contributed by atoms with E-state index in [2.05, 4.69) is 51.4 Å². The third-order valence-electron chi connectivity index (χ3n) is 5.10. The summed E-state index contributed by atoms with van der Waals surface area (Å²) in [5, 5.41) is 9.89. The molecule has 8 heteroatoms. The smallest absolute Gasteiger partial charge is 0.247 e. The van der Waals surface area contributed by atoms with Gasteiger partial charge in [0.15, 0.2) is 0 Å². The topological polar surface area (TPSA) is 82.2 Å². The summed E-state index contributed by atoms with van der Waals surface area (Å²) in [5.74, 6) is 0.146. The van der Waals surface area contributed by atoms with Gasteiger partial charge in [0.25, 0.3) is 0 Å². The molecule has 0 fully saturated rings. The fourth-order valence-electron chi connectivity index (χ4n) is 3.48. The Morgan fingerprint density at radius 2 is 1.88 bits per heavy atom. The Morgan fingerprint density at radius 1 is 1.12 bits per heavy atom. The lowest BCUT2D eigenvalue weighted by Gasteiger charge is -2.16. The Bertz CT molecular complexity index is 1120. The maximum atomic E-state index is 11.6. The predicted molar refractivity (Wildman–Crippen MR) is 142 cm³/mol. The highest BCUT2D eigenvalue weighted by Crippen LogP contribution is 2.29. The molecule has 3 N–H and O–H groups in total. The van der Waals surface area contributed by atoms with Gasteiger partial charge in [-0.15, -0.1) is 0 Å². The van der Waals surface area contributed by atoms with E-state index in [4.69, 9.17) is 11.6 Å². The third-order valence-corrected chi connectivity index (χ3v) is 5.38. The molecule has 1 amide bonds. The molecule has 0 unspecified atom stereocenters. The van der Waals surface area contributed by atoms with Crippen LogP contribution in [-0.4, -0.2) is 47.5 Å². The van der Waals surface area contributed by atoms with Gasteiger partial charge in [-0.05, 0) is 69.4 Å². The van der Waals surface area contributed by atoms with E-state index in [0.717, 1.165) is 43.0 Å². The lowest BCUT2D eigenvalue weighted by atomic mass is 10.1. The standard InChI is InChI=1S/C26H31ClN6O/c1-4-14-33(3)15-8-13-28-20-10-7-12-22(17-20)31-26-29-18-23(27)25(32-26)19-9-6-11-21(16-19)30-24(34)5-2/h5-7,9-12,16-18,28H,2,4,8,13-15H2,1,3H3,(H,30,34)(H,29,31,32). The van der Waals surface area contributed by atoms with Crippen LogP contribution in [0.2, 0.25) is 5.02 Å². The van der Waals surface area contributed by atoms with Crippen molar-refractivity contribution in [3.63, 3.8) is 0 Å². The Kier molecular flexibility index (Phi) is 9.43. The first-order valence-corrected chi connectivity index (χ1v) is 11.7. The Balaban J connectivity index is 1.68. The molecule has 0 radical (unpaired) electrons. The first kappa shape index (κ1) is 25.2. The number of aromatic nitrogens is 2. The van der Waals surface area contributed by atoms with E-state index >= 15 is 0 Å². The van der Waals surface area contributed by atoms with E-state index in [-0.39, 0.29) is 5.91 Å². The molecular formula is C26H31ClN6O. The maximum absolute atomic E-state index is 11.6. The van der Waals surface area contributed by atoms with Crippen LogP contribution in [0.1, 0.15) is 19.8 Å². The van der Waals surface area contributed by atoms with Crippen LogP contribution in [0.3, 0.4) is 0 Å². The lowest BCUT2D eigenvalue weighted by Crippen LogP contribution is -2.22. The van der Waals surface area contributed by atoms with Crippen LogP contribution in [0.15, 0.2) is 67.4 Å². The largest absolute Gasteiger partial charge is 0.385 e. The molecule has 2 aromatic carbocycles. The molecular weight excluding hydrogens is 448 g/mol. The highest BCUT2D eigenvalue weighted by Gasteiger charge is 2.10. The zero-order valence-corrected chi connectivity index (χ0v) is 20.4. The van der Waals surface area contributed by atoms with Crippen LogP contribution >= 0.6 is 11.6 Å². The number of rotatable bonds is 12. The summed E-state index contributed by atoms with van der Waals surface area (Å²) in [4.78, 5) is 22.9. The Labute approximate surface area is 206 Å². The van der Waals surface area contributed by atoms with Crippen LogP contribution in [0, 0.1) is 0 Å². The number of amides is 1. The van der Waals surface area contributed by atoms with E-state index in [0.29, 0.717) is 22.4 Å². The molecule has 0 saturated heterocycles. The highest BCUT2D eigenvalue weighted by atomic mass is 35.5. The van der Waals surface area contributed by atoms with Crippen LogP contribution in [0.25, 0.3) is 11.3 Å². The van der Waals surface area contributed by atoms with Gasteiger partial charge in [-0.2, -0.15) is 0 Å². The SMILES string of the molecule is C=CC(=O)Nc1cccc(-c2nc(Nc3cccc(NCCCN(C)CCC)c3)ncc2Cl)c1. The van der Waals surface area contributed by atoms with E-state index in [1.54, 1.807) is 12.3 Å². The second-order valence-electron chi connectivity index (χ2n) is 7.95. The quantitative estimate of drug-likeness (QED) is 0.225. The average molecular weight is 479 g/mol. The molecule has 0 spiro atoms. The van der Waals surface area contributed by atoms with Crippen molar-refractivity contribution in [1.82, 2.24) is 14.9 Å². The number of nitrogens with zero attached hydrogens (tertiary/aromatic N) is 3. The monoisotopic (exact) mass is 478 g/mol. The van der Waals surface area contributed by atoms with Gasteiger partial charge >= 0.3 is 0 Å². The van der Waals surface area contributed by atoms with E-state index in [1.807, 2.05) is 42.5 Å². The van der Waals surface area contributed by atoms with Gasteiger partial charge in [0.1, 0.15) is 0 Å². The molecule has 0 aliphatic heterocycles. The van der Waals surface area contributed by atoms with Crippen molar-refractivity contribution < 1.29 is 4.79 Å². The van der Waals surface area contributed by atoms with Gasteiger partial charge in [0.2, 0.25) is 11.9 Å². The summed E-state index contributed by atoms with van der Waals surface area (Å²) in [5.41, 5.74) is 3.86. The summed E-state index contributed by atoms with van der Waals surface area (Å²) < 4.78 is 0. The van der Waals surface area contributed by atoms with Crippen LogP contribution in [-0.2, 0) is 4.79 Å². The van der Waals surface area contributed by atoms with E-state index in [1.165, 1.54) is 12.5 Å². The van der Waals surface area contributed by atoms with Crippen molar-refractivity contribution in [1.29, 1.82) is 0 Å². The van der Waals surface area contributed by atoms with Gasteiger partial charge in [0, 0.05) is 29.2 Å². The maximum Gasteiger partial charge on any atom is 0.247 e. The summed E-state index contributed by atoms with van der Waals surface area (Å²) in [7, 11) is 2.15. The van der Waals surface area contributed by atoms with Crippen molar-refractivity contribution in [2.75, 3.05) is 42.6 Å². The number of anilines is 4. The summed E-state index contributed by atoms with van der Waals surface area (Å²) >= 11 is 6.39. The molecule has 0 bridgehead atoms. The van der Waals surface area contributed by atoms with Crippen LogP contribution in [0.4, 0.5) is 23.0 Å². The second kappa shape index (κ2) is 12.7. The Hall–Kier alpha value is -3.42. The van der Waals surface area contributed by atoms with Gasteiger partial charge < -0.3 is 20.9 Å². The fourth-order valence-corrected chi connectivity index (χ4v) is 3.68. The van der Waals surface area contributed by atoms with Crippen molar-refractivity contribution >= 4 is 40.5 Å². The normalized spacial score (nSPS) is 10.7. The number of benzene rings is 2. The summed E-state index contributed by atoms with van der Waals surface area (Å²) in [6, 6.07) is 15.3. The van der Waals surface area contributed by atoms with Gasteiger partial charge in [-0.25, -0.2) is 9.97 Å². The number of hydrogen-bond donors (Lipinski definition) is 3. The van der Waals surface area contributed by atoms with Crippen molar-refractivity contribution in [2.24, 2.45) is 0 Å². The highest BCUT2D eigenvalue weighted by molar-refractivity contribution is 6.33. The molecule has 3 rings (SSSR count). The van der Waals surface area contributed by atoms with Crippen LogP contribution in [0.5, 0.6) is 0 Å². The van der Waals surface area contributed by atoms with E-state index in [9.17, 15) is 4.79 Å². The number of hydrogen-bond acceptors (Lipinski definition) is 6. The molecule has 34 heavy (non-hydrogen) atoms. The number of nitrogens with one attached hydrogen (secondary N) is 3. The number of halogens is 1.